The number of hydrogen-bond acceptors (Lipinski definition) is 4. The summed E-state index contributed by atoms with van der Waals surface area (Å²) in [5.74, 6) is 0. The molecule has 0 spiro atoms. The van der Waals surface area contributed by atoms with Crippen LogP contribution >= 0.6 is 11.6 Å². The Morgan fingerprint density at radius 2 is 1.58 bits per heavy atom. The van der Waals surface area contributed by atoms with Crippen molar-refractivity contribution in [3.05, 3.63) is 27.8 Å². The molecule has 0 aliphatic rings. The molecule has 0 unspecified atom stereocenters. The maximum atomic E-state index is 12.7. The molecule has 0 N–H and O–H groups in total. The van der Waals surface area contributed by atoms with Crippen molar-refractivity contribution in [1.82, 2.24) is 19.0 Å². The predicted molar refractivity (Wildman–Crippen MR) is 72.0 cm³/mol. The van der Waals surface area contributed by atoms with E-state index in [-0.39, 0.29) is 4.90 Å². The van der Waals surface area contributed by atoms with Crippen LogP contribution in [0.1, 0.15) is 22.8 Å². The summed E-state index contributed by atoms with van der Waals surface area (Å²) < 4.78 is 27.8. The molecule has 0 radical (unpaired) electrons. The van der Waals surface area contributed by atoms with Gasteiger partial charge in [-0.25, -0.2) is 0 Å². The summed E-state index contributed by atoms with van der Waals surface area (Å²) in [4.78, 5) is 0.178. The molecule has 0 aliphatic heterocycles. The quantitative estimate of drug-likeness (QED) is 0.847. The van der Waals surface area contributed by atoms with Crippen LogP contribution in [0.5, 0.6) is 0 Å². The third-order valence-electron chi connectivity index (χ3n) is 3.09. The zero-order valence-electron chi connectivity index (χ0n) is 11.4. The molecule has 0 saturated carbocycles. The lowest BCUT2D eigenvalue weighted by atomic mass is 10.4. The Kier molecular flexibility index (Phi) is 3.22. The van der Waals surface area contributed by atoms with Gasteiger partial charge in [0.1, 0.15) is 4.90 Å². The van der Waals surface area contributed by atoms with Crippen molar-refractivity contribution < 1.29 is 8.42 Å². The van der Waals surface area contributed by atoms with Crippen LogP contribution < -0.4 is 0 Å². The van der Waals surface area contributed by atoms with Gasteiger partial charge >= 0.3 is 0 Å². The third-order valence-corrected chi connectivity index (χ3v) is 5.56. The van der Waals surface area contributed by atoms with E-state index in [2.05, 4.69) is 10.2 Å². The molecular formula is C11H15ClN4O2S. The Hall–Kier alpha value is -1.34. The molecule has 0 bridgehead atoms. The summed E-state index contributed by atoms with van der Waals surface area (Å²) in [5, 5.41) is 8.50. The monoisotopic (exact) mass is 302 g/mol. The highest BCUT2D eigenvalue weighted by Gasteiger charge is 2.29. The third kappa shape index (κ3) is 1.97. The van der Waals surface area contributed by atoms with Crippen LogP contribution in [0.2, 0.25) is 5.02 Å². The topological polar surface area (TPSA) is 69.8 Å². The minimum atomic E-state index is -3.77. The molecule has 8 heteroatoms. The summed E-state index contributed by atoms with van der Waals surface area (Å²) in [5.41, 5.74) is 1.91. The molecule has 0 atom stereocenters. The van der Waals surface area contributed by atoms with E-state index < -0.39 is 10.0 Å². The molecule has 0 amide bonds. The largest absolute Gasteiger partial charge is 0.286 e. The van der Waals surface area contributed by atoms with Crippen molar-refractivity contribution >= 4 is 21.6 Å². The fraction of sp³-hybridized carbons (Fsp3) is 0.455. The summed E-state index contributed by atoms with van der Waals surface area (Å²) in [6.07, 6.45) is 0. The lowest BCUT2D eigenvalue weighted by molar-refractivity contribution is 0.576. The molecule has 2 aromatic heterocycles. The first-order valence-corrected chi connectivity index (χ1v) is 7.47. The summed E-state index contributed by atoms with van der Waals surface area (Å²) in [7, 11) is -2.07. The van der Waals surface area contributed by atoms with E-state index in [1.807, 2.05) is 0 Å². The second-order valence-corrected chi connectivity index (χ2v) is 6.54. The molecule has 0 saturated heterocycles. The number of halogens is 1. The van der Waals surface area contributed by atoms with E-state index in [9.17, 15) is 8.42 Å². The molecule has 6 nitrogen and oxygen atoms in total. The van der Waals surface area contributed by atoms with E-state index in [0.717, 1.165) is 4.09 Å². The Morgan fingerprint density at radius 3 is 1.95 bits per heavy atom. The van der Waals surface area contributed by atoms with Crippen LogP contribution in [0, 0.1) is 27.7 Å². The summed E-state index contributed by atoms with van der Waals surface area (Å²) in [6, 6.07) is 0. The van der Waals surface area contributed by atoms with Gasteiger partial charge < -0.3 is 0 Å². The van der Waals surface area contributed by atoms with E-state index >= 15 is 0 Å². The fourth-order valence-electron chi connectivity index (χ4n) is 2.05. The minimum absolute atomic E-state index is 0.178. The molecule has 0 fully saturated rings. The highest BCUT2D eigenvalue weighted by molar-refractivity contribution is 7.90. The van der Waals surface area contributed by atoms with Crippen LogP contribution in [0.3, 0.4) is 0 Å². The van der Waals surface area contributed by atoms with Gasteiger partial charge in [-0.05, 0) is 27.7 Å². The molecule has 19 heavy (non-hydrogen) atoms. The van der Waals surface area contributed by atoms with Crippen molar-refractivity contribution in [2.24, 2.45) is 7.05 Å². The SMILES string of the molecule is Cc1nn(S(=O)(=O)c2c(C)nn(C)c2C)c(C)c1Cl. The van der Waals surface area contributed by atoms with Crippen molar-refractivity contribution in [2.45, 2.75) is 32.6 Å². The van der Waals surface area contributed by atoms with Gasteiger partial charge in [-0.15, -0.1) is 0 Å². The first kappa shape index (κ1) is 14.1. The van der Waals surface area contributed by atoms with Crippen molar-refractivity contribution in [3.63, 3.8) is 0 Å². The predicted octanol–water partition coefficient (Wildman–Crippen LogP) is 1.74. The summed E-state index contributed by atoms with van der Waals surface area (Å²) >= 11 is 6.01. The number of aryl methyl sites for hydroxylation is 3. The van der Waals surface area contributed by atoms with Crippen LogP contribution in [0.15, 0.2) is 4.90 Å². The van der Waals surface area contributed by atoms with Crippen LogP contribution in [-0.4, -0.2) is 27.4 Å². The van der Waals surface area contributed by atoms with Crippen LogP contribution in [0.25, 0.3) is 0 Å². The van der Waals surface area contributed by atoms with Gasteiger partial charge in [0, 0.05) is 7.05 Å². The van der Waals surface area contributed by atoms with Crippen molar-refractivity contribution in [1.29, 1.82) is 0 Å². The number of hydrogen-bond donors (Lipinski definition) is 0. The van der Waals surface area contributed by atoms with Gasteiger partial charge in [-0.2, -0.15) is 22.7 Å². The highest BCUT2D eigenvalue weighted by atomic mass is 35.5. The van der Waals surface area contributed by atoms with E-state index in [4.69, 9.17) is 11.6 Å². The Balaban J connectivity index is 2.76. The van der Waals surface area contributed by atoms with Crippen molar-refractivity contribution in [3.8, 4) is 0 Å². The van der Waals surface area contributed by atoms with Gasteiger partial charge in [0.15, 0.2) is 0 Å². The van der Waals surface area contributed by atoms with E-state index in [1.54, 1.807) is 34.7 Å². The average molecular weight is 303 g/mol. The zero-order chi connectivity index (χ0) is 14.5. The minimum Gasteiger partial charge on any atom is -0.271 e. The van der Waals surface area contributed by atoms with Gasteiger partial charge in [-0.3, -0.25) is 4.68 Å². The van der Waals surface area contributed by atoms with Crippen LogP contribution in [0.4, 0.5) is 0 Å². The number of nitrogens with zero attached hydrogens (tertiary/aromatic N) is 4. The molecule has 2 aromatic rings. The van der Waals surface area contributed by atoms with Gasteiger partial charge in [0.25, 0.3) is 10.0 Å². The van der Waals surface area contributed by atoms with Gasteiger partial charge in [0.2, 0.25) is 0 Å². The summed E-state index contributed by atoms with van der Waals surface area (Å²) in [6.45, 7) is 6.67. The Morgan fingerprint density at radius 1 is 1.00 bits per heavy atom. The highest BCUT2D eigenvalue weighted by Crippen LogP contribution is 2.26. The molecule has 0 aromatic carbocycles. The maximum absolute atomic E-state index is 12.7. The second-order valence-electron chi connectivity index (χ2n) is 4.46. The Bertz CT molecular complexity index is 758. The molecule has 0 aliphatic carbocycles. The lowest BCUT2D eigenvalue weighted by Crippen LogP contribution is -2.17. The standard InChI is InChI=1S/C11H15ClN4O2S/c1-6-10(12)8(3)16(14-6)19(17,18)11-7(2)13-15(5)9(11)4/h1-5H3. The first-order valence-electron chi connectivity index (χ1n) is 5.65. The van der Waals surface area contributed by atoms with Crippen LogP contribution in [-0.2, 0) is 17.1 Å². The van der Waals surface area contributed by atoms with E-state index in [1.165, 1.54) is 4.68 Å². The smallest absolute Gasteiger partial charge is 0.271 e. The van der Waals surface area contributed by atoms with Crippen molar-refractivity contribution in [2.75, 3.05) is 0 Å². The number of rotatable bonds is 2. The normalized spacial score (nSPS) is 12.1. The zero-order valence-corrected chi connectivity index (χ0v) is 13.0. The lowest BCUT2D eigenvalue weighted by Gasteiger charge is -2.06. The number of aromatic nitrogens is 4. The van der Waals surface area contributed by atoms with Gasteiger partial charge in [-0.1, -0.05) is 11.6 Å². The maximum Gasteiger partial charge on any atom is 0.286 e. The Labute approximate surface area is 117 Å². The molecule has 104 valence electrons. The molecule has 2 heterocycles. The molecular weight excluding hydrogens is 288 g/mol. The average Bonchev–Trinajstić information content (AvgIpc) is 2.71. The molecule has 2 rings (SSSR count). The second kappa shape index (κ2) is 4.35. The first-order chi connectivity index (χ1) is 8.67. The fourth-order valence-corrected chi connectivity index (χ4v) is 3.99. The van der Waals surface area contributed by atoms with Gasteiger partial charge in [0.05, 0.1) is 27.8 Å². The van der Waals surface area contributed by atoms with E-state index in [0.29, 0.717) is 27.8 Å².